The Balaban J connectivity index is 0.00000300. The second-order valence-corrected chi connectivity index (χ2v) is 6.27. The van der Waals surface area contributed by atoms with Crippen molar-refractivity contribution in [2.24, 2.45) is 10.7 Å². The average molecular weight is 523 g/mol. The molecule has 2 aromatic rings. The minimum absolute atomic E-state index is 0. The number of nitrogens with two attached hydrogens (primary N) is 1. The second-order valence-electron chi connectivity index (χ2n) is 6.27. The molecule has 3 N–H and O–H groups in total. The summed E-state index contributed by atoms with van der Waals surface area (Å²) in [6.07, 6.45) is -3.91. The summed E-state index contributed by atoms with van der Waals surface area (Å²) >= 11 is 0. The predicted molar refractivity (Wildman–Crippen MR) is 114 cm³/mol. The number of aliphatic imine (C=N–C) groups is 1. The first-order valence-electron chi connectivity index (χ1n) is 8.53. The first kappa shape index (κ1) is 22.9. The number of ether oxygens (including phenoxy) is 3. The maximum atomic E-state index is 12.5. The zero-order valence-electron chi connectivity index (χ0n) is 15.7. The lowest BCUT2D eigenvalue weighted by atomic mass is 10.1. The number of benzene rings is 2. The lowest BCUT2D eigenvalue weighted by Crippen LogP contribution is -2.24. The molecule has 0 saturated carbocycles. The van der Waals surface area contributed by atoms with Gasteiger partial charge in [0.15, 0.2) is 11.7 Å². The van der Waals surface area contributed by atoms with E-state index < -0.39 is 12.1 Å². The highest BCUT2D eigenvalue weighted by Gasteiger charge is 2.32. The number of rotatable bonds is 5. The third kappa shape index (κ3) is 6.05. The third-order valence-electron chi connectivity index (χ3n) is 4.09. The number of nitrogens with one attached hydrogen (secondary N) is 1. The van der Waals surface area contributed by atoms with Gasteiger partial charge in [-0.1, -0.05) is 12.1 Å². The van der Waals surface area contributed by atoms with Crippen LogP contribution in [0.15, 0.2) is 41.4 Å². The van der Waals surface area contributed by atoms with E-state index in [4.69, 9.17) is 15.2 Å². The van der Waals surface area contributed by atoms with E-state index >= 15 is 0 Å². The number of methoxy groups -OCH3 is 1. The molecular weight excluding hydrogens is 502 g/mol. The van der Waals surface area contributed by atoms with Crippen molar-refractivity contribution in [2.45, 2.75) is 32.4 Å². The molecule has 0 fully saturated rings. The van der Waals surface area contributed by atoms with Crippen LogP contribution in [0.1, 0.15) is 18.1 Å². The van der Waals surface area contributed by atoms with Crippen LogP contribution in [-0.4, -0.2) is 25.5 Å². The zero-order valence-corrected chi connectivity index (χ0v) is 18.1. The van der Waals surface area contributed by atoms with Gasteiger partial charge in [-0.3, -0.25) is 0 Å². The van der Waals surface area contributed by atoms with Crippen molar-refractivity contribution in [3.05, 3.63) is 47.5 Å². The molecule has 6 nitrogen and oxygen atoms in total. The molecule has 0 aliphatic carbocycles. The second kappa shape index (κ2) is 9.42. The number of para-hydroxylation sites is 2. The van der Waals surface area contributed by atoms with Crippen LogP contribution in [0.4, 0.5) is 18.9 Å². The summed E-state index contributed by atoms with van der Waals surface area (Å²) < 4.78 is 52.7. The molecule has 0 saturated heterocycles. The molecule has 29 heavy (non-hydrogen) atoms. The highest BCUT2D eigenvalue weighted by Crippen LogP contribution is 2.35. The lowest BCUT2D eigenvalue weighted by Gasteiger charge is -2.14. The quantitative estimate of drug-likeness (QED) is 0.344. The van der Waals surface area contributed by atoms with Crippen molar-refractivity contribution >= 4 is 35.6 Å². The van der Waals surface area contributed by atoms with E-state index in [1.807, 2.05) is 19.1 Å². The molecule has 1 unspecified atom stereocenters. The van der Waals surface area contributed by atoms with Crippen LogP contribution in [0, 0.1) is 0 Å². The summed E-state index contributed by atoms with van der Waals surface area (Å²) in [7, 11) is 1.56. The van der Waals surface area contributed by atoms with Crippen molar-refractivity contribution in [2.75, 3.05) is 12.4 Å². The largest absolute Gasteiger partial charge is 0.573 e. The Labute approximate surface area is 183 Å². The Bertz CT molecular complexity index is 891. The number of halogens is 4. The van der Waals surface area contributed by atoms with Gasteiger partial charge in [-0.2, -0.15) is 0 Å². The first-order valence-corrected chi connectivity index (χ1v) is 8.53. The molecule has 0 radical (unpaired) electrons. The SMILES string of the molecule is COc1cc2c(cc1CN=C(N)Nc1ccccc1OC(F)(F)F)OC(C)C2.I. The third-order valence-corrected chi connectivity index (χ3v) is 4.09. The number of guanidine groups is 1. The predicted octanol–water partition coefficient (Wildman–Crippen LogP) is 4.46. The minimum Gasteiger partial charge on any atom is -0.496 e. The number of alkyl halides is 3. The first-order chi connectivity index (χ1) is 13.2. The Morgan fingerprint density at radius 1 is 1.28 bits per heavy atom. The Hall–Kier alpha value is -2.37. The van der Waals surface area contributed by atoms with Gasteiger partial charge in [-0.15, -0.1) is 37.1 Å². The molecular formula is C19H21F3IN3O3. The monoisotopic (exact) mass is 523 g/mol. The maximum absolute atomic E-state index is 12.5. The van der Waals surface area contributed by atoms with Crippen molar-refractivity contribution in [1.29, 1.82) is 0 Å². The molecule has 2 aromatic carbocycles. The molecule has 1 atom stereocenters. The fourth-order valence-electron chi connectivity index (χ4n) is 2.93. The fourth-order valence-corrected chi connectivity index (χ4v) is 2.93. The molecule has 3 rings (SSSR count). The fraction of sp³-hybridized carbons (Fsp3) is 0.316. The molecule has 0 aromatic heterocycles. The van der Waals surface area contributed by atoms with E-state index in [2.05, 4.69) is 15.0 Å². The van der Waals surface area contributed by atoms with Gasteiger partial charge in [0.1, 0.15) is 17.6 Å². The van der Waals surface area contributed by atoms with Gasteiger partial charge in [-0.25, -0.2) is 4.99 Å². The number of hydrogen-bond acceptors (Lipinski definition) is 4. The van der Waals surface area contributed by atoms with Crippen molar-refractivity contribution < 1.29 is 27.4 Å². The van der Waals surface area contributed by atoms with Gasteiger partial charge in [0.25, 0.3) is 0 Å². The van der Waals surface area contributed by atoms with Crippen LogP contribution in [-0.2, 0) is 13.0 Å². The lowest BCUT2D eigenvalue weighted by molar-refractivity contribution is -0.274. The van der Waals surface area contributed by atoms with Gasteiger partial charge in [0.2, 0.25) is 0 Å². The van der Waals surface area contributed by atoms with Gasteiger partial charge in [0, 0.05) is 17.5 Å². The number of fused-ring (bicyclic) bond motifs is 1. The topological polar surface area (TPSA) is 78.1 Å². The number of nitrogens with zero attached hydrogens (tertiary/aromatic N) is 1. The van der Waals surface area contributed by atoms with Crippen LogP contribution < -0.4 is 25.3 Å². The zero-order chi connectivity index (χ0) is 20.3. The molecule has 158 valence electrons. The van der Waals surface area contributed by atoms with Crippen LogP contribution in [0.3, 0.4) is 0 Å². The number of anilines is 1. The molecule has 0 amide bonds. The van der Waals surface area contributed by atoms with Crippen molar-refractivity contribution in [1.82, 2.24) is 0 Å². The number of hydrogen-bond donors (Lipinski definition) is 2. The Kier molecular flexibility index (Phi) is 7.44. The summed E-state index contributed by atoms with van der Waals surface area (Å²) in [5, 5.41) is 2.63. The molecule has 1 heterocycles. The smallest absolute Gasteiger partial charge is 0.496 e. The molecule has 1 aliphatic rings. The van der Waals surface area contributed by atoms with Crippen LogP contribution in [0.25, 0.3) is 0 Å². The highest BCUT2D eigenvalue weighted by molar-refractivity contribution is 14.0. The minimum atomic E-state index is -4.81. The van der Waals surface area contributed by atoms with E-state index in [0.717, 1.165) is 23.3 Å². The Morgan fingerprint density at radius 2 is 2.00 bits per heavy atom. The van der Waals surface area contributed by atoms with Gasteiger partial charge in [-0.05, 0) is 31.2 Å². The van der Waals surface area contributed by atoms with E-state index in [0.29, 0.717) is 5.75 Å². The van der Waals surface area contributed by atoms with E-state index in [9.17, 15) is 13.2 Å². The van der Waals surface area contributed by atoms with Gasteiger partial charge in [0.05, 0.1) is 19.3 Å². The highest BCUT2D eigenvalue weighted by atomic mass is 127. The summed E-state index contributed by atoms with van der Waals surface area (Å²) in [6, 6.07) is 9.32. The summed E-state index contributed by atoms with van der Waals surface area (Å²) in [6.45, 7) is 2.14. The summed E-state index contributed by atoms with van der Waals surface area (Å²) in [4.78, 5) is 4.19. The van der Waals surface area contributed by atoms with Gasteiger partial charge < -0.3 is 25.3 Å². The van der Waals surface area contributed by atoms with Crippen molar-refractivity contribution in [3.63, 3.8) is 0 Å². The average Bonchev–Trinajstić information content (AvgIpc) is 2.98. The summed E-state index contributed by atoms with van der Waals surface area (Å²) in [5.74, 6) is 0.962. The molecule has 10 heteroatoms. The molecule has 0 spiro atoms. The summed E-state index contributed by atoms with van der Waals surface area (Å²) in [5.41, 5.74) is 7.70. The van der Waals surface area contributed by atoms with Crippen LogP contribution >= 0.6 is 24.0 Å². The van der Waals surface area contributed by atoms with E-state index in [-0.39, 0.29) is 48.3 Å². The van der Waals surface area contributed by atoms with Gasteiger partial charge >= 0.3 is 6.36 Å². The van der Waals surface area contributed by atoms with E-state index in [1.54, 1.807) is 13.2 Å². The standard InChI is InChI=1S/C19H20F3N3O3.HI/c1-11-7-12-8-16(26-2)13(9-17(12)27-11)10-24-18(23)25-14-5-3-4-6-15(14)28-19(20,21)22;/h3-6,8-9,11H,7,10H2,1-2H3,(H3,23,24,25);1H. The molecule has 1 aliphatic heterocycles. The van der Waals surface area contributed by atoms with Crippen LogP contribution in [0.5, 0.6) is 17.2 Å². The van der Waals surface area contributed by atoms with Crippen LogP contribution in [0.2, 0.25) is 0 Å². The van der Waals surface area contributed by atoms with E-state index in [1.165, 1.54) is 18.2 Å². The molecule has 0 bridgehead atoms. The normalized spacial score (nSPS) is 15.8. The maximum Gasteiger partial charge on any atom is 0.573 e. The Morgan fingerprint density at radius 3 is 2.69 bits per heavy atom. The van der Waals surface area contributed by atoms with Crippen molar-refractivity contribution in [3.8, 4) is 17.2 Å².